The van der Waals surface area contributed by atoms with E-state index < -0.39 is 0 Å². The molecule has 1 unspecified atom stereocenters. The number of rotatable bonds is 9. The molecule has 160 valence electrons. The molecule has 1 aromatic carbocycles. The van der Waals surface area contributed by atoms with Crippen LogP contribution in [0.25, 0.3) is 22.2 Å². The largest absolute Gasteiger partial charge is 0.398 e. The average molecular weight is 407 g/mol. The fraction of sp³-hybridized carbons (Fsp3) is 0.458. The molecule has 0 aliphatic carbocycles. The quantitative estimate of drug-likeness (QED) is 0.531. The molecule has 0 spiro atoms. The molecular formula is C24H34N6. The molecule has 30 heavy (non-hydrogen) atoms. The van der Waals surface area contributed by atoms with Crippen molar-refractivity contribution in [2.24, 2.45) is 0 Å². The number of aromatic nitrogens is 3. The van der Waals surface area contributed by atoms with Crippen LogP contribution in [0.3, 0.4) is 0 Å². The van der Waals surface area contributed by atoms with Crippen molar-refractivity contribution in [2.45, 2.75) is 53.5 Å². The zero-order chi connectivity index (χ0) is 21.7. The third kappa shape index (κ3) is 5.45. The van der Waals surface area contributed by atoms with Gasteiger partial charge >= 0.3 is 0 Å². The van der Waals surface area contributed by atoms with E-state index in [9.17, 15) is 0 Å². The van der Waals surface area contributed by atoms with Crippen molar-refractivity contribution in [3.63, 3.8) is 0 Å². The number of anilines is 2. The Labute approximate surface area is 179 Å². The molecular weight excluding hydrogens is 372 g/mol. The van der Waals surface area contributed by atoms with E-state index in [-0.39, 0.29) is 0 Å². The van der Waals surface area contributed by atoms with Gasteiger partial charge in [0.15, 0.2) is 0 Å². The van der Waals surface area contributed by atoms with Crippen LogP contribution in [0.4, 0.5) is 11.6 Å². The van der Waals surface area contributed by atoms with Crippen molar-refractivity contribution < 1.29 is 0 Å². The molecule has 3 rings (SSSR count). The molecule has 2 heterocycles. The third-order valence-electron chi connectivity index (χ3n) is 5.50. The van der Waals surface area contributed by atoms with E-state index in [1.54, 1.807) is 0 Å². The maximum absolute atomic E-state index is 6.23. The van der Waals surface area contributed by atoms with Crippen LogP contribution in [0.2, 0.25) is 0 Å². The van der Waals surface area contributed by atoms with Gasteiger partial charge in [-0.2, -0.15) is 0 Å². The fourth-order valence-corrected chi connectivity index (χ4v) is 3.78. The zero-order valence-corrected chi connectivity index (χ0v) is 18.9. The van der Waals surface area contributed by atoms with Gasteiger partial charge in [-0.05, 0) is 77.5 Å². The maximum Gasteiger partial charge on any atom is 0.223 e. The highest BCUT2D eigenvalue weighted by Gasteiger charge is 2.10. The Morgan fingerprint density at radius 2 is 1.73 bits per heavy atom. The molecule has 1 atom stereocenters. The van der Waals surface area contributed by atoms with E-state index in [0.29, 0.717) is 12.0 Å². The first-order valence-electron chi connectivity index (χ1n) is 10.9. The van der Waals surface area contributed by atoms with Gasteiger partial charge in [-0.15, -0.1) is 0 Å². The van der Waals surface area contributed by atoms with E-state index in [0.717, 1.165) is 71.7 Å². The van der Waals surface area contributed by atoms with Crippen LogP contribution in [0.15, 0.2) is 30.3 Å². The summed E-state index contributed by atoms with van der Waals surface area (Å²) in [6, 6.07) is 10.4. The molecule has 0 aliphatic heterocycles. The molecule has 0 saturated carbocycles. The summed E-state index contributed by atoms with van der Waals surface area (Å²) in [6.45, 7) is 13.9. The predicted octanol–water partition coefficient (Wildman–Crippen LogP) is 4.81. The lowest BCUT2D eigenvalue weighted by molar-refractivity contribution is 0.295. The smallest absolute Gasteiger partial charge is 0.223 e. The summed E-state index contributed by atoms with van der Waals surface area (Å²) in [6.07, 6.45) is 2.24. The van der Waals surface area contributed by atoms with Crippen molar-refractivity contribution in [3.8, 4) is 11.3 Å². The van der Waals surface area contributed by atoms with E-state index >= 15 is 0 Å². The van der Waals surface area contributed by atoms with Gasteiger partial charge in [-0.3, -0.25) is 4.98 Å². The highest BCUT2D eigenvalue weighted by Crippen LogP contribution is 2.27. The van der Waals surface area contributed by atoms with Gasteiger partial charge in [0.2, 0.25) is 5.95 Å². The molecule has 0 radical (unpaired) electrons. The van der Waals surface area contributed by atoms with E-state index in [1.807, 2.05) is 38.1 Å². The Kier molecular flexibility index (Phi) is 7.21. The van der Waals surface area contributed by atoms with Gasteiger partial charge in [-0.1, -0.05) is 19.9 Å². The SMILES string of the molecule is CCN(CC)CCCC(C)Nc1nc(C)cc(-c2ccc3nc(C)cc(N)c3c2)n1. The number of hydrogen-bond donors (Lipinski definition) is 2. The average Bonchev–Trinajstić information content (AvgIpc) is 2.70. The van der Waals surface area contributed by atoms with Crippen LogP contribution in [0.1, 0.15) is 45.0 Å². The van der Waals surface area contributed by atoms with Crippen LogP contribution < -0.4 is 11.1 Å². The molecule has 0 saturated heterocycles. The number of pyridine rings is 1. The highest BCUT2D eigenvalue weighted by atomic mass is 15.1. The number of nitrogen functional groups attached to an aromatic ring is 1. The second-order valence-electron chi connectivity index (χ2n) is 8.02. The van der Waals surface area contributed by atoms with Crippen LogP contribution >= 0.6 is 0 Å². The van der Waals surface area contributed by atoms with E-state index in [2.05, 4.69) is 47.0 Å². The lowest BCUT2D eigenvalue weighted by Gasteiger charge is -2.20. The summed E-state index contributed by atoms with van der Waals surface area (Å²) in [7, 11) is 0. The van der Waals surface area contributed by atoms with Crippen molar-refractivity contribution >= 4 is 22.5 Å². The Morgan fingerprint density at radius 1 is 1.00 bits per heavy atom. The zero-order valence-electron chi connectivity index (χ0n) is 18.9. The van der Waals surface area contributed by atoms with Gasteiger partial charge in [-0.25, -0.2) is 9.97 Å². The van der Waals surface area contributed by atoms with Gasteiger partial charge in [0, 0.05) is 34.1 Å². The first-order valence-corrected chi connectivity index (χ1v) is 10.9. The molecule has 6 nitrogen and oxygen atoms in total. The van der Waals surface area contributed by atoms with Crippen molar-refractivity contribution in [3.05, 3.63) is 41.7 Å². The normalized spacial score (nSPS) is 12.5. The van der Waals surface area contributed by atoms with Crippen molar-refractivity contribution in [2.75, 3.05) is 30.7 Å². The second kappa shape index (κ2) is 9.85. The monoisotopic (exact) mass is 406 g/mol. The Balaban J connectivity index is 1.76. The van der Waals surface area contributed by atoms with Crippen molar-refractivity contribution in [1.29, 1.82) is 0 Å². The topological polar surface area (TPSA) is 80.0 Å². The summed E-state index contributed by atoms with van der Waals surface area (Å²) in [5.41, 5.74) is 11.6. The van der Waals surface area contributed by atoms with Gasteiger partial charge in [0.1, 0.15) is 0 Å². The summed E-state index contributed by atoms with van der Waals surface area (Å²) in [5.74, 6) is 0.676. The molecule has 3 aromatic rings. The summed E-state index contributed by atoms with van der Waals surface area (Å²) < 4.78 is 0. The summed E-state index contributed by atoms with van der Waals surface area (Å²) in [5, 5.41) is 4.43. The second-order valence-corrected chi connectivity index (χ2v) is 8.02. The molecule has 0 aliphatic rings. The summed E-state index contributed by atoms with van der Waals surface area (Å²) in [4.78, 5) is 16.4. The molecule has 0 fully saturated rings. The minimum Gasteiger partial charge on any atom is -0.398 e. The maximum atomic E-state index is 6.23. The number of hydrogen-bond acceptors (Lipinski definition) is 6. The number of nitrogens with two attached hydrogens (primary N) is 1. The first kappa shape index (κ1) is 22.0. The van der Waals surface area contributed by atoms with Crippen molar-refractivity contribution in [1.82, 2.24) is 19.9 Å². The Bertz CT molecular complexity index is 996. The molecule has 0 bridgehead atoms. The van der Waals surface area contributed by atoms with Crippen LogP contribution in [0, 0.1) is 13.8 Å². The molecule has 3 N–H and O–H groups in total. The minimum absolute atomic E-state index is 0.314. The molecule has 6 heteroatoms. The van der Waals surface area contributed by atoms with Crippen LogP contribution in [-0.4, -0.2) is 45.5 Å². The number of benzene rings is 1. The number of aryl methyl sites for hydroxylation is 2. The molecule has 0 amide bonds. The number of nitrogens with zero attached hydrogens (tertiary/aromatic N) is 4. The van der Waals surface area contributed by atoms with Gasteiger partial charge in [0.05, 0.1) is 11.2 Å². The Hall–Kier alpha value is -2.73. The van der Waals surface area contributed by atoms with Gasteiger partial charge in [0.25, 0.3) is 0 Å². The van der Waals surface area contributed by atoms with E-state index in [4.69, 9.17) is 10.7 Å². The minimum atomic E-state index is 0.314. The van der Waals surface area contributed by atoms with Gasteiger partial charge < -0.3 is 16.0 Å². The molecule has 2 aromatic heterocycles. The summed E-state index contributed by atoms with van der Waals surface area (Å²) >= 11 is 0. The Morgan fingerprint density at radius 3 is 2.47 bits per heavy atom. The first-order chi connectivity index (χ1) is 14.4. The predicted molar refractivity (Wildman–Crippen MR) is 127 cm³/mol. The number of fused-ring (bicyclic) bond motifs is 1. The lowest BCUT2D eigenvalue weighted by Crippen LogP contribution is -2.26. The third-order valence-corrected chi connectivity index (χ3v) is 5.50. The highest BCUT2D eigenvalue weighted by molar-refractivity contribution is 5.93. The van der Waals surface area contributed by atoms with E-state index in [1.165, 1.54) is 0 Å². The van der Waals surface area contributed by atoms with Crippen LogP contribution in [0.5, 0.6) is 0 Å². The fourth-order valence-electron chi connectivity index (χ4n) is 3.78. The van der Waals surface area contributed by atoms with Crippen LogP contribution in [-0.2, 0) is 0 Å². The standard InChI is InChI=1S/C24H34N6/c1-6-30(7-2)12-8-9-16(3)27-24-28-18(5)14-23(29-24)19-10-11-22-20(15-19)21(25)13-17(4)26-22/h10-11,13-16H,6-9,12H2,1-5H3,(H2,25,26)(H,27,28,29). The number of nitrogens with one attached hydrogen (secondary N) is 1. The lowest BCUT2D eigenvalue weighted by atomic mass is 10.1.